The minimum absolute atomic E-state index is 0.00623. The molecular formula is C25H27F4N5O2S. The van der Waals surface area contributed by atoms with E-state index in [0.29, 0.717) is 24.4 Å². The molecule has 37 heavy (non-hydrogen) atoms. The standard InChI is InChI=1S/C25H27F4N5O2S/c1-12-5-19(30-7-18(12)26)20-17(25(27,28)29)6-16-21-22(20)37-11-15(36-4)10-34(21)24(35)32-23(16)33-8-13(2)31-14(3)9-33/h5-7,13-15,31H,8-11H2,1-4H3/t13-,14+,15-/m0/s1. The molecule has 0 saturated carbocycles. The van der Waals surface area contributed by atoms with Crippen LogP contribution in [0.4, 0.5) is 23.4 Å². The van der Waals surface area contributed by atoms with Gasteiger partial charge >= 0.3 is 11.9 Å². The van der Waals surface area contributed by atoms with Gasteiger partial charge in [0, 0.05) is 53.9 Å². The summed E-state index contributed by atoms with van der Waals surface area (Å²) in [7, 11) is 1.50. The lowest BCUT2D eigenvalue weighted by Gasteiger charge is -2.37. The van der Waals surface area contributed by atoms with Crippen molar-refractivity contribution in [1.82, 2.24) is 19.9 Å². The Kier molecular flexibility index (Phi) is 6.70. The second kappa shape index (κ2) is 9.55. The SMILES string of the molecule is CO[C@@H]1CSc2c(-c3cc(C)c(F)cn3)c(C(F)(F)F)cc3c(N4C[C@@H](C)N[C@@H](C)C4)nc(=O)n(c23)C1. The highest BCUT2D eigenvalue weighted by Gasteiger charge is 2.39. The minimum Gasteiger partial charge on any atom is -0.379 e. The number of nitrogens with one attached hydrogen (secondary N) is 1. The quantitative estimate of drug-likeness (QED) is 0.502. The van der Waals surface area contributed by atoms with E-state index in [4.69, 9.17) is 4.74 Å². The van der Waals surface area contributed by atoms with Crippen molar-refractivity contribution in [2.24, 2.45) is 0 Å². The lowest BCUT2D eigenvalue weighted by molar-refractivity contribution is -0.137. The smallest absolute Gasteiger partial charge is 0.379 e. The van der Waals surface area contributed by atoms with Gasteiger partial charge in [0.25, 0.3) is 0 Å². The average Bonchev–Trinajstić information content (AvgIpc) is 3.02. The van der Waals surface area contributed by atoms with Crippen molar-refractivity contribution in [3.05, 3.63) is 45.8 Å². The lowest BCUT2D eigenvalue weighted by atomic mass is 9.98. The van der Waals surface area contributed by atoms with Gasteiger partial charge in [-0.15, -0.1) is 11.8 Å². The summed E-state index contributed by atoms with van der Waals surface area (Å²) in [6.07, 6.45) is -4.23. The van der Waals surface area contributed by atoms with Gasteiger partial charge < -0.3 is 15.0 Å². The predicted molar refractivity (Wildman–Crippen MR) is 135 cm³/mol. The summed E-state index contributed by atoms with van der Waals surface area (Å²) in [5.41, 5.74) is -1.09. The summed E-state index contributed by atoms with van der Waals surface area (Å²) < 4.78 is 64.9. The van der Waals surface area contributed by atoms with Gasteiger partial charge in [0.05, 0.1) is 35.6 Å². The summed E-state index contributed by atoms with van der Waals surface area (Å²) in [5, 5.41) is 3.64. The van der Waals surface area contributed by atoms with E-state index in [-0.39, 0.29) is 51.5 Å². The maximum Gasteiger partial charge on any atom is 0.417 e. The molecule has 5 rings (SSSR count). The van der Waals surface area contributed by atoms with Crippen LogP contribution in [-0.2, 0) is 17.5 Å². The number of rotatable bonds is 3. The Morgan fingerprint density at radius 2 is 1.86 bits per heavy atom. The van der Waals surface area contributed by atoms with Crippen LogP contribution in [-0.4, -0.2) is 58.7 Å². The molecular weight excluding hydrogens is 510 g/mol. The Labute approximate surface area is 215 Å². The largest absolute Gasteiger partial charge is 0.417 e. The highest BCUT2D eigenvalue weighted by atomic mass is 32.2. The number of pyridine rings is 1. The average molecular weight is 538 g/mol. The molecule has 0 spiro atoms. The third-order valence-electron chi connectivity index (χ3n) is 6.80. The molecule has 0 radical (unpaired) electrons. The van der Waals surface area contributed by atoms with Crippen molar-refractivity contribution >= 4 is 28.5 Å². The summed E-state index contributed by atoms with van der Waals surface area (Å²) in [5.74, 6) is -0.0611. The molecule has 2 aromatic heterocycles. The molecule has 1 aromatic carbocycles. The van der Waals surface area contributed by atoms with Crippen LogP contribution in [0.5, 0.6) is 0 Å². The molecule has 0 amide bonds. The highest BCUT2D eigenvalue weighted by molar-refractivity contribution is 7.99. The number of methoxy groups -OCH3 is 1. The summed E-state index contributed by atoms with van der Waals surface area (Å²) in [6, 6.07) is 2.49. The number of nitrogens with zero attached hydrogens (tertiary/aromatic N) is 4. The van der Waals surface area contributed by atoms with E-state index in [9.17, 15) is 22.4 Å². The number of ether oxygens (including phenoxy) is 1. The van der Waals surface area contributed by atoms with E-state index in [1.165, 1.54) is 36.4 Å². The monoisotopic (exact) mass is 537 g/mol. The van der Waals surface area contributed by atoms with E-state index < -0.39 is 29.4 Å². The maximum atomic E-state index is 14.7. The van der Waals surface area contributed by atoms with Crippen LogP contribution in [0.2, 0.25) is 0 Å². The number of hydrogen-bond donors (Lipinski definition) is 1. The first-order valence-electron chi connectivity index (χ1n) is 12.0. The minimum atomic E-state index is -4.74. The van der Waals surface area contributed by atoms with Crippen molar-refractivity contribution in [3.63, 3.8) is 0 Å². The zero-order chi connectivity index (χ0) is 26.6. The molecule has 3 atom stereocenters. The Hall–Kier alpha value is -2.70. The number of halogens is 4. The van der Waals surface area contributed by atoms with Gasteiger partial charge in [0.1, 0.15) is 11.6 Å². The normalized spacial score (nSPS) is 22.4. The predicted octanol–water partition coefficient (Wildman–Crippen LogP) is 4.23. The van der Waals surface area contributed by atoms with E-state index in [0.717, 1.165) is 12.3 Å². The van der Waals surface area contributed by atoms with Crippen molar-refractivity contribution in [2.75, 3.05) is 30.9 Å². The molecule has 7 nitrogen and oxygen atoms in total. The second-order valence-electron chi connectivity index (χ2n) is 9.71. The number of thioether (sulfide) groups is 1. The fourth-order valence-electron chi connectivity index (χ4n) is 5.17. The molecule has 4 heterocycles. The van der Waals surface area contributed by atoms with E-state index in [2.05, 4.69) is 15.3 Å². The van der Waals surface area contributed by atoms with Gasteiger partial charge in [-0.25, -0.2) is 9.18 Å². The number of piperazine rings is 1. The van der Waals surface area contributed by atoms with Gasteiger partial charge in [0.15, 0.2) is 0 Å². The van der Waals surface area contributed by atoms with Crippen LogP contribution in [0.1, 0.15) is 25.0 Å². The zero-order valence-corrected chi connectivity index (χ0v) is 21.6. The van der Waals surface area contributed by atoms with Crippen LogP contribution >= 0.6 is 11.8 Å². The number of aryl methyl sites for hydroxylation is 1. The second-order valence-corrected chi connectivity index (χ2v) is 10.7. The Morgan fingerprint density at radius 1 is 1.16 bits per heavy atom. The molecule has 1 fully saturated rings. The number of aromatic nitrogens is 3. The third-order valence-corrected chi connectivity index (χ3v) is 8.02. The van der Waals surface area contributed by atoms with Crippen LogP contribution < -0.4 is 15.9 Å². The maximum absolute atomic E-state index is 14.7. The Balaban J connectivity index is 1.90. The van der Waals surface area contributed by atoms with Crippen molar-refractivity contribution in [1.29, 1.82) is 0 Å². The summed E-state index contributed by atoms with van der Waals surface area (Å²) in [4.78, 5) is 23.9. The van der Waals surface area contributed by atoms with Crippen LogP contribution in [0.25, 0.3) is 22.2 Å². The summed E-state index contributed by atoms with van der Waals surface area (Å²) >= 11 is 1.18. The van der Waals surface area contributed by atoms with Gasteiger partial charge in [-0.3, -0.25) is 9.55 Å². The molecule has 2 aliphatic heterocycles. The molecule has 3 aromatic rings. The fourth-order valence-corrected chi connectivity index (χ4v) is 6.48. The molecule has 0 bridgehead atoms. The van der Waals surface area contributed by atoms with Crippen LogP contribution in [0.15, 0.2) is 28.0 Å². The first-order chi connectivity index (χ1) is 17.5. The highest BCUT2D eigenvalue weighted by Crippen LogP contribution is 2.48. The lowest BCUT2D eigenvalue weighted by Crippen LogP contribution is -2.55. The van der Waals surface area contributed by atoms with Crippen LogP contribution in [0, 0.1) is 12.7 Å². The molecule has 12 heteroatoms. The van der Waals surface area contributed by atoms with Crippen LogP contribution in [0.3, 0.4) is 0 Å². The molecule has 0 unspecified atom stereocenters. The van der Waals surface area contributed by atoms with E-state index in [1.54, 1.807) is 0 Å². The molecule has 2 aliphatic rings. The van der Waals surface area contributed by atoms with Crippen molar-refractivity contribution in [3.8, 4) is 11.3 Å². The fraction of sp³-hybridized carbons (Fsp3) is 0.480. The van der Waals surface area contributed by atoms with E-state index in [1.807, 2.05) is 18.7 Å². The number of alkyl halides is 3. The van der Waals surface area contributed by atoms with Gasteiger partial charge in [-0.05, 0) is 38.5 Å². The molecule has 198 valence electrons. The van der Waals surface area contributed by atoms with Crippen molar-refractivity contribution < 1.29 is 22.3 Å². The van der Waals surface area contributed by atoms with Crippen molar-refractivity contribution in [2.45, 2.75) is 56.6 Å². The summed E-state index contributed by atoms with van der Waals surface area (Å²) in [6.45, 7) is 6.56. The first kappa shape index (κ1) is 25.9. The Bertz CT molecular complexity index is 1420. The number of hydrogen-bond acceptors (Lipinski definition) is 7. The number of benzene rings is 1. The zero-order valence-electron chi connectivity index (χ0n) is 20.8. The number of anilines is 1. The van der Waals surface area contributed by atoms with Gasteiger partial charge in [0.2, 0.25) is 0 Å². The topological polar surface area (TPSA) is 72.3 Å². The van der Waals surface area contributed by atoms with E-state index >= 15 is 0 Å². The molecule has 0 aliphatic carbocycles. The van der Waals surface area contributed by atoms with Gasteiger partial charge in [-0.1, -0.05) is 0 Å². The van der Waals surface area contributed by atoms with Gasteiger partial charge in [-0.2, -0.15) is 18.2 Å². The molecule has 1 saturated heterocycles. The Morgan fingerprint density at radius 3 is 2.49 bits per heavy atom. The third kappa shape index (κ3) is 4.70. The first-order valence-corrected chi connectivity index (χ1v) is 12.9. The molecule has 1 N–H and O–H groups in total.